The molecule has 0 saturated heterocycles. The van der Waals surface area contributed by atoms with E-state index < -0.39 is 0 Å². The zero-order valence-electron chi connectivity index (χ0n) is 11.5. The highest BCUT2D eigenvalue weighted by Gasteiger charge is 2.07. The van der Waals surface area contributed by atoms with Crippen molar-refractivity contribution in [1.29, 1.82) is 0 Å². The average molecular weight is 251 g/mol. The maximum absolute atomic E-state index is 11.6. The minimum Gasteiger partial charge on any atom is -0.330 e. The molecule has 0 fully saturated rings. The molecule has 4 nitrogen and oxygen atoms in total. The van der Waals surface area contributed by atoms with Crippen LogP contribution < -0.4 is 11.3 Å². The lowest BCUT2D eigenvalue weighted by molar-refractivity contribution is 0.233. The Kier molecular flexibility index (Phi) is 6.68. The second-order valence-corrected chi connectivity index (χ2v) is 5.07. The van der Waals surface area contributed by atoms with E-state index >= 15 is 0 Å². The summed E-state index contributed by atoms with van der Waals surface area (Å²) in [4.78, 5) is 14.0. The largest absolute Gasteiger partial charge is 0.330 e. The monoisotopic (exact) mass is 251 g/mol. The molecule has 0 saturated carbocycles. The van der Waals surface area contributed by atoms with E-state index in [-0.39, 0.29) is 5.56 Å². The Morgan fingerprint density at radius 3 is 2.72 bits per heavy atom. The highest BCUT2D eigenvalue weighted by atomic mass is 16.1. The van der Waals surface area contributed by atoms with Crippen LogP contribution in [0.2, 0.25) is 0 Å². The van der Waals surface area contributed by atoms with E-state index in [0.29, 0.717) is 5.92 Å². The molecule has 0 amide bonds. The average Bonchev–Trinajstić information content (AvgIpc) is 2.34. The first kappa shape index (κ1) is 14.9. The third-order valence-electron chi connectivity index (χ3n) is 2.86. The highest BCUT2D eigenvalue weighted by Crippen LogP contribution is 2.00. The fraction of sp³-hybridized carbons (Fsp3) is 0.643. The Morgan fingerprint density at radius 2 is 2.11 bits per heavy atom. The van der Waals surface area contributed by atoms with Gasteiger partial charge in [-0.15, -0.1) is 0 Å². The highest BCUT2D eigenvalue weighted by molar-refractivity contribution is 4.93. The Morgan fingerprint density at radius 1 is 1.33 bits per heavy atom. The molecular weight excluding hydrogens is 226 g/mol. The zero-order chi connectivity index (χ0) is 13.4. The summed E-state index contributed by atoms with van der Waals surface area (Å²) in [5.74, 6) is 0.635. The fourth-order valence-electron chi connectivity index (χ4n) is 2.02. The molecule has 0 atom stereocenters. The van der Waals surface area contributed by atoms with Gasteiger partial charge in [0, 0.05) is 31.9 Å². The summed E-state index contributed by atoms with van der Waals surface area (Å²) in [6.45, 7) is 8.87. The van der Waals surface area contributed by atoms with E-state index in [2.05, 4.69) is 18.7 Å². The molecule has 18 heavy (non-hydrogen) atoms. The van der Waals surface area contributed by atoms with Crippen molar-refractivity contribution in [3.63, 3.8) is 0 Å². The van der Waals surface area contributed by atoms with Crippen LogP contribution in [0.4, 0.5) is 0 Å². The molecule has 0 aliphatic rings. The Hall–Kier alpha value is -1.13. The van der Waals surface area contributed by atoms with Crippen molar-refractivity contribution >= 4 is 0 Å². The van der Waals surface area contributed by atoms with Gasteiger partial charge in [0.25, 0.3) is 5.56 Å². The summed E-state index contributed by atoms with van der Waals surface area (Å²) < 4.78 is 1.76. The first-order chi connectivity index (χ1) is 8.63. The van der Waals surface area contributed by atoms with Gasteiger partial charge < -0.3 is 15.2 Å². The molecule has 4 heteroatoms. The summed E-state index contributed by atoms with van der Waals surface area (Å²) in [5, 5.41) is 0. The van der Waals surface area contributed by atoms with Crippen molar-refractivity contribution < 1.29 is 0 Å². The van der Waals surface area contributed by atoms with E-state index in [9.17, 15) is 4.79 Å². The smallest absolute Gasteiger partial charge is 0.250 e. The van der Waals surface area contributed by atoms with E-state index in [1.807, 2.05) is 12.3 Å². The second-order valence-electron chi connectivity index (χ2n) is 5.07. The SMILES string of the molecule is CC(C)CN(CCCN)CCn1ccccc1=O. The molecule has 1 rings (SSSR count). The lowest BCUT2D eigenvalue weighted by Crippen LogP contribution is -2.34. The number of nitrogens with two attached hydrogens (primary N) is 1. The van der Waals surface area contributed by atoms with Crippen molar-refractivity contribution in [2.24, 2.45) is 11.7 Å². The van der Waals surface area contributed by atoms with Gasteiger partial charge in [-0.05, 0) is 31.5 Å². The van der Waals surface area contributed by atoms with Gasteiger partial charge in [0.2, 0.25) is 0 Å². The fourth-order valence-corrected chi connectivity index (χ4v) is 2.02. The van der Waals surface area contributed by atoms with Crippen molar-refractivity contribution in [3.8, 4) is 0 Å². The number of pyridine rings is 1. The van der Waals surface area contributed by atoms with Crippen LogP contribution in [0.25, 0.3) is 0 Å². The number of hydrogen-bond donors (Lipinski definition) is 1. The van der Waals surface area contributed by atoms with E-state index in [1.165, 1.54) is 0 Å². The van der Waals surface area contributed by atoms with Gasteiger partial charge in [-0.1, -0.05) is 19.9 Å². The van der Waals surface area contributed by atoms with Gasteiger partial charge >= 0.3 is 0 Å². The summed E-state index contributed by atoms with van der Waals surface area (Å²) in [7, 11) is 0. The van der Waals surface area contributed by atoms with Crippen LogP contribution in [0.5, 0.6) is 0 Å². The minimum atomic E-state index is 0.0702. The minimum absolute atomic E-state index is 0.0702. The zero-order valence-corrected chi connectivity index (χ0v) is 11.5. The number of aromatic nitrogens is 1. The Bertz CT molecular complexity index is 387. The quantitative estimate of drug-likeness (QED) is 0.754. The molecular formula is C14H25N3O. The molecule has 0 spiro atoms. The summed E-state index contributed by atoms with van der Waals surface area (Å²) in [6, 6.07) is 5.28. The first-order valence-electron chi connectivity index (χ1n) is 6.71. The molecule has 2 N–H and O–H groups in total. The standard InChI is InChI=1S/C14H25N3O/c1-13(2)12-16(8-5-7-15)10-11-17-9-4-3-6-14(17)18/h3-4,6,9,13H,5,7-8,10-12,15H2,1-2H3. The summed E-state index contributed by atoms with van der Waals surface area (Å²) in [5.41, 5.74) is 5.63. The lowest BCUT2D eigenvalue weighted by Gasteiger charge is -2.24. The molecule has 0 aliphatic carbocycles. The van der Waals surface area contributed by atoms with E-state index in [1.54, 1.807) is 16.7 Å². The van der Waals surface area contributed by atoms with Crippen LogP contribution in [0.1, 0.15) is 20.3 Å². The van der Waals surface area contributed by atoms with Gasteiger partial charge in [0.05, 0.1) is 0 Å². The van der Waals surface area contributed by atoms with Crippen LogP contribution >= 0.6 is 0 Å². The van der Waals surface area contributed by atoms with Crippen LogP contribution in [-0.2, 0) is 6.54 Å². The number of nitrogens with zero attached hydrogens (tertiary/aromatic N) is 2. The van der Waals surface area contributed by atoms with Gasteiger partial charge in [0.1, 0.15) is 0 Å². The first-order valence-corrected chi connectivity index (χ1v) is 6.71. The molecule has 0 aromatic carbocycles. The predicted molar refractivity (Wildman–Crippen MR) is 75.7 cm³/mol. The topological polar surface area (TPSA) is 51.3 Å². The molecule has 1 aromatic rings. The molecule has 0 aliphatic heterocycles. The molecule has 1 heterocycles. The van der Waals surface area contributed by atoms with Crippen molar-refractivity contribution in [3.05, 3.63) is 34.7 Å². The normalized spacial score (nSPS) is 11.4. The third kappa shape index (κ3) is 5.47. The van der Waals surface area contributed by atoms with Gasteiger partial charge in [-0.2, -0.15) is 0 Å². The molecule has 102 valence electrons. The van der Waals surface area contributed by atoms with Crippen molar-refractivity contribution in [2.75, 3.05) is 26.2 Å². The maximum atomic E-state index is 11.6. The van der Waals surface area contributed by atoms with Crippen molar-refractivity contribution in [2.45, 2.75) is 26.8 Å². The van der Waals surface area contributed by atoms with Crippen LogP contribution in [0.3, 0.4) is 0 Å². The van der Waals surface area contributed by atoms with Crippen LogP contribution in [-0.4, -0.2) is 35.6 Å². The maximum Gasteiger partial charge on any atom is 0.250 e. The van der Waals surface area contributed by atoms with Gasteiger partial charge in [-0.3, -0.25) is 4.79 Å². The molecule has 0 unspecified atom stereocenters. The lowest BCUT2D eigenvalue weighted by atomic mass is 10.2. The number of hydrogen-bond acceptors (Lipinski definition) is 3. The number of rotatable bonds is 8. The van der Waals surface area contributed by atoms with E-state index in [0.717, 1.165) is 39.1 Å². The summed E-state index contributed by atoms with van der Waals surface area (Å²) in [6.07, 6.45) is 2.86. The van der Waals surface area contributed by atoms with E-state index in [4.69, 9.17) is 5.73 Å². The Labute approximate surface area is 109 Å². The summed E-state index contributed by atoms with van der Waals surface area (Å²) >= 11 is 0. The third-order valence-corrected chi connectivity index (χ3v) is 2.86. The Balaban J connectivity index is 2.50. The van der Waals surface area contributed by atoms with Gasteiger partial charge in [0.15, 0.2) is 0 Å². The molecule has 0 bridgehead atoms. The van der Waals surface area contributed by atoms with Crippen LogP contribution in [0, 0.1) is 5.92 Å². The predicted octanol–water partition coefficient (Wildman–Crippen LogP) is 1.16. The molecule has 0 radical (unpaired) electrons. The molecule has 1 aromatic heterocycles. The second kappa shape index (κ2) is 8.06. The van der Waals surface area contributed by atoms with Crippen molar-refractivity contribution in [1.82, 2.24) is 9.47 Å². The van der Waals surface area contributed by atoms with Crippen LogP contribution in [0.15, 0.2) is 29.2 Å². The van der Waals surface area contributed by atoms with Gasteiger partial charge in [-0.25, -0.2) is 0 Å².